The fourth-order valence-electron chi connectivity index (χ4n) is 3.51. The zero-order valence-electron chi connectivity index (χ0n) is 13.4. The number of halogens is 1. The standard InChI is InChI=1S/C17H26ClN3O2/c18-14-3-1-4-15(13-14)20-11-9-19(10-12-20)7-2-8-21-16(22)5-6-17(21)23/h1,3-4,13,16-17,22-23H,2,5-12H2. The molecule has 0 spiro atoms. The van der Waals surface area contributed by atoms with Crippen LogP contribution >= 0.6 is 11.6 Å². The molecule has 23 heavy (non-hydrogen) atoms. The number of likely N-dealkylation sites (tertiary alicyclic amines) is 1. The van der Waals surface area contributed by atoms with Gasteiger partial charge in [-0.2, -0.15) is 0 Å². The summed E-state index contributed by atoms with van der Waals surface area (Å²) >= 11 is 6.06. The van der Waals surface area contributed by atoms with Gasteiger partial charge < -0.3 is 15.1 Å². The summed E-state index contributed by atoms with van der Waals surface area (Å²) in [5, 5.41) is 20.4. The van der Waals surface area contributed by atoms with Gasteiger partial charge in [0.2, 0.25) is 0 Å². The first-order valence-corrected chi connectivity index (χ1v) is 8.86. The first-order valence-electron chi connectivity index (χ1n) is 8.48. The lowest BCUT2D eigenvalue weighted by Crippen LogP contribution is -2.47. The highest BCUT2D eigenvalue weighted by molar-refractivity contribution is 6.30. The monoisotopic (exact) mass is 339 g/mol. The highest BCUT2D eigenvalue weighted by Gasteiger charge is 2.29. The van der Waals surface area contributed by atoms with Crippen molar-refractivity contribution in [1.29, 1.82) is 0 Å². The van der Waals surface area contributed by atoms with Gasteiger partial charge in [0.15, 0.2) is 0 Å². The predicted molar refractivity (Wildman–Crippen MR) is 92.7 cm³/mol. The molecule has 2 atom stereocenters. The molecule has 0 amide bonds. The summed E-state index contributed by atoms with van der Waals surface area (Å²) in [5.74, 6) is 0. The summed E-state index contributed by atoms with van der Waals surface area (Å²) in [6.45, 7) is 5.87. The van der Waals surface area contributed by atoms with Crippen molar-refractivity contribution in [3.05, 3.63) is 29.3 Å². The van der Waals surface area contributed by atoms with E-state index in [4.69, 9.17) is 11.6 Å². The molecule has 2 aliphatic rings. The van der Waals surface area contributed by atoms with E-state index in [1.54, 1.807) is 0 Å². The number of aliphatic hydroxyl groups is 2. The number of hydrogen-bond acceptors (Lipinski definition) is 5. The Morgan fingerprint density at radius 3 is 2.35 bits per heavy atom. The van der Waals surface area contributed by atoms with Gasteiger partial charge in [-0.25, -0.2) is 0 Å². The lowest BCUT2D eigenvalue weighted by atomic mass is 10.2. The minimum atomic E-state index is -0.468. The zero-order valence-corrected chi connectivity index (χ0v) is 14.2. The fourth-order valence-corrected chi connectivity index (χ4v) is 3.69. The van der Waals surface area contributed by atoms with Gasteiger partial charge in [-0.15, -0.1) is 0 Å². The van der Waals surface area contributed by atoms with Crippen LogP contribution in [0.3, 0.4) is 0 Å². The van der Waals surface area contributed by atoms with Crippen molar-refractivity contribution in [3.8, 4) is 0 Å². The second kappa shape index (κ2) is 7.81. The maximum absolute atomic E-state index is 9.81. The molecule has 0 saturated carbocycles. The third-order valence-electron chi connectivity index (χ3n) is 4.89. The van der Waals surface area contributed by atoms with Gasteiger partial charge >= 0.3 is 0 Å². The second-order valence-corrected chi connectivity index (χ2v) is 6.87. The van der Waals surface area contributed by atoms with Crippen molar-refractivity contribution in [3.63, 3.8) is 0 Å². The van der Waals surface area contributed by atoms with Crippen LogP contribution in [0.15, 0.2) is 24.3 Å². The fraction of sp³-hybridized carbons (Fsp3) is 0.647. The maximum Gasteiger partial charge on any atom is 0.109 e. The maximum atomic E-state index is 9.81. The number of anilines is 1. The van der Waals surface area contributed by atoms with Gasteiger partial charge in [-0.1, -0.05) is 17.7 Å². The highest BCUT2D eigenvalue weighted by Crippen LogP contribution is 2.22. The molecule has 2 fully saturated rings. The molecule has 0 bridgehead atoms. The van der Waals surface area contributed by atoms with Crippen LogP contribution in [-0.4, -0.2) is 71.7 Å². The first kappa shape index (κ1) is 17.0. The molecule has 2 N–H and O–H groups in total. The minimum absolute atomic E-state index is 0.468. The van der Waals surface area contributed by atoms with Gasteiger partial charge in [-0.05, 0) is 44.0 Å². The van der Waals surface area contributed by atoms with Crippen LogP contribution in [0.5, 0.6) is 0 Å². The summed E-state index contributed by atoms with van der Waals surface area (Å²) in [7, 11) is 0. The SMILES string of the molecule is OC1CCC(O)N1CCCN1CCN(c2cccc(Cl)c2)CC1. The van der Waals surface area contributed by atoms with E-state index in [2.05, 4.69) is 15.9 Å². The highest BCUT2D eigenvalue weighted by atomic mass is 35.5. The van der Waals surface area contributed by atoms with E-state index in [1.807, 2.05) is 23.1 Å². The van der Waals surface area contributed by atoms with E-state index < -0.39 is 12.5 Å². The summed E-state index contributed by atoms with van der Waals surface area (Å²) in [6.07, 6.45) is 1.40. The molecule has 0 radical (unpaired) electrons. The van der Waals surface area contributed by atoms with Gasteiger partial charge in [-0.3, -0.25) is 9.80 Å². The van der Waals surface area contributed by atoms with Crippen LogP contribution in [0.4, 0.5) is 5.69 Å². The van der Waals surface area contributed by atoms with Gasteiger partial charge in [0, 0.05) is 43.4 Å². The number of rotatable bonds is 5. The Hall–Kier alpha value is -0.850. The van der Waals surface area contributed by atoms with Crippen LogP contribution in [0.2, 0.25) is 5.02 Å². The van der Waals surface area contributed by atoms with Crippen molar-refractivity contribution >= 4 is 17.3 Å². The van der Waals surface area contributed by atoms with E-state index in [-0.39, 0.29) is 0 Å². The summed E-state index contributed by atoms with van der Waals surface area (Å²) in [5.41, 5.74) is 1.19. The topological polar surface area (TPSA) is 50.2 Å². The van der Waals surface area contributed by atoms with Crippen LogP contribution < -0.4 is 4.90 Å². The molecule has 0 aromatic heterocycles. The Morgan fingerprint density at radius 2 is 1.70 bits per heavy atom. The van der Waals surface area contributed by atoms with Crippen LogP contribution in [0, 0.1) is 0 Å². The molecular formula is C17H26ClN3O2. The summed E-state index contributed by atoms with van der Waals surface area (Å²) in [6, 6.07) is 8.03. The Bertz CT molecular complexity index is 498. The van der Waals surface area contributed by atoms with Crippen molar-refractivity contribution in [2.24, 2.45) is 0 Å². The molecule has 2 aliphatic heterocycles. The lowest BCUT2D eigenvalue weighted by molar-refractivity contribution is -0.0541. The second-order valence-electron chi connectivity index (χ2n) is 6.44. The molecule has 5 nitrogen and oxygen atoms in total. The average molecular weight is 340 g/mol. The Morgan fingerprint density at radius 1 is 1.00 bits per heavy atom. The van der Waals surface area contributed by atoms with E-state index >= 15 is 0 Å². The smallest absolute Gasteiger partial charge is 0.109 e. The Kier molecular flexibility index (Phi) is 5.77. The van der Waals surface area contributed by atoms with Crippen LogP contribution in [0.1, 0.15) is 19.3 Å². The quantitative estimate of drug-likeness (QED) is 0.853. The Labute approximate surface area is 143 Å². The molecule has 1 aromatic rings. The molecule has 2 unspecified atom stereocenters. The number of benzene rings is 1. The molecule has 2 saturated heterocycles. The van der Waals surface area contributed by atoms with Crippen molar-refractivity contribution in [1.82, 2.24) is 9.80 Å². The third kappa shape index (κ3) is 4.37. The van der Waals surface area contributed by atoms with Crippen molar-refractivity contribution in [2.75, 3.05) is 44.2 Å². The van der Waals surface area contributed by atoms with Gasteiger partial charge in [0.1, 0.15) is 12.5 Å². The van der Waals surface area contributed by atoms with Crippen LogP contribution in [0.25, 0.3) is 0 Å². The Balaban J connectivity index is 1.39. The molecule has 0 aliphatic carbocycles. The predicted octanol–water partition coefficient (Wildman–Crippen LogP) is 1.58. The molecule has 1 aromatic carbocycles. The van der Waals surface area contributed by atoms with E-state index in [9.17, 15) is 10.2 Å². The number of nitrogens with zero attached hydrogens (tertiary/aromatic N) is 3. The molecule has 3 rings (SSSR count). The number of hydrogen-bond donors (Lipinski definition) is 2. The molecular weight excluding hydrogens is 314 g/mol. The minimum Gasteiger partial charge on any atom is -0.378 e. The first-order chi connectivity index (χ1) is 11.1. The zero-order chi connectivity index (χ0) is 16.2. The normalized spacial score (nSPS) is 26.8. The third-order valence-corrected chi connectivity index (χ3v) is 5.12. The van der Waals surface area contributed by atoms with Crippen LogP contribution in [-0.2, 0) is 0 Å². The number of piperazine rings is 1. The lowest BCUT2D eigenvalue weighted by Gasteiger charge is -2.36. The number of aliphatic hydroxyl groups excluding tert-OH is 2. The van der Waals surface area contributed by atoms with E-state index in [0.717, 1.165) is 50.7 Å². The average Bonchev–Trinajstić information content (AvgIpc) is 2.87. The van der Waals surface area contributed by atoms with Crippen molar-refractivity contribution < 1.29 is 10.2 Å². The largest absolute Gasteiger partial charge is 0.378 e. The van der Waals surface area contributed by atoms with E-state index in [0.29, 0.717) is 12.8 Å². The van der Waals surface area contributed by atoms with Crippen molar-refractivity contribution in [2.45, 2.75) is 31.7 Å². The molecule has 2 heterocycles. The summed E-state index contributed by atoms with van der Waals surface area (Å²) in [4.78, 5) is 6.63. The van der Waals surface area contributed by atoms with Gasteiger partial charge in [0.25, 0.3) is 0 Å². The molecule has 6 heteroatoms. The van der Waals surface area contributed by atoms with E-state index in [1.165, 1.54) is 5.69 Å². The van der Waals surface area contributed by atoms with Gasteiger partial charge in [0.05, 0.1) is 0 Å². The molecule has 128 valence electrons. The summed E-state index contributed by atoms with van der Waals surface area (Å²) < 4.78 is 0.